The smallest absolute Gasteiger partial charge is 0.332 e. The molecule has 1 aliphatic heterocycles. The van der Waals surface area contributed by atoms with Gasteiger partial charge in [0, 0.05) is 59.8 Å². The van der Waals surface area contributed by atoms with Crippen molar-refractivity contribution < 1.29 is 4.79 Å². The third kappa shape index (κ3) is 4.68. The van der Waals surface area contributed by atoms with Gasteiger partial charge in [0.25, 0.3) is 5.56 Å². The van der Waals surface area contributed by atoms with Gasteiger partial charge in [-0.3, -0.25) is 13.9 Å². The highest BCUT2D eigenvalue weighted by Gasteiger charge is 2.22. The standard InChI is InChI=1S/C21H35N7O3/c1-6-28(7-2)20(30)22-15-10-13-27(14-11-15)12-8-9-16-23-18-17(24(16)3)19(29)26(5)21(31)25(18)4/h15H,6-14H2,1-5H3,(H,22,30). The van der Waals surface area contributed by atoms with Gasteiger partial charge in [0.2, 0.25) is 0 Å². The Hall–Kier alpha value is -2.62. The molecule has 172 valence electrons. The van der Waals surface area contributed by atoms with E-state index in [-0.39, 0.29) is 23.3 Å². The van der Waals surface area contributed by atoms with Crippen molar-refractivity contribution in [1.82, 2.24) is 33.8 Å². The van der Waals surface area contributed by atoms with E-state index in [1.807, 2.05) is 30.4 Å². The molecule has 1 aliphatic rings. The molecule has 10 heteroatoms. The number of amides is 2. The van der Waals surface area contributed by atoms with Crippen LogP contribution in [-0.2, 0) is 27.6 Å². The average Bonchev–Trinajstić information content (AvgIpc) is 3.09. The van der Waals surface area contributed by atoms with Gasteiger partial charge in [-0.15, -0.1) is 0 Å². The van der Waals surface area contributed by atoms with Crippen molar-refractivity contribution in [3.63, 3.8) is 0 Å². The highest BCUT2D eigenvalue weighted by molar-refractivity contribution is 5.74. The number of nitrogens with one attached hydrogen (secondary N) is 1. The van der Waals surface area contributed by atoms with Crippen LogP contribution in [0.25, 0.3) is 11.2 Å². The number of aromatic nitrogens is 4. The summed E-state index contributed by atoms with van der Waals surface area (Å²) in [6.07, 6.45) is 3.57. The molecule has 1 N–H and O–H groups in total. The van der Waals surface area contributed by atoms with Crippen LogP contribution < -0.4 is 16.6 Å². The number of carbonyl (C=O) groups excluding carboxylic acids is 1. The average molecular weight is 434 g/mol. The second-order valence-electron chi connectivity index (χ2n) is 8.31. The zero-order chi connectivity index (χ0) is 22.7. The summed E-state index contributed by atoms with van der Waals surface area (Å²) >= 11 is 0. The maximum atomic E-state index is 12.5. The number of piperidine rings is 1. The third-order valence-corrected chi connectivity index (χ3v) is 6.41. The van der Waals surface area contributed by atoms with Gasteiger partial charge in [0.05, 0.1) is 0 Å². The van der Waals surface area contributed by atoms with E-state index in [1.165, 1.54) is 11.6 Å². The topological polar surface area (TPSA) is 97.4 Å². The molecule has 0 radical (unpaired) electrons. The van der Waals surface area contributed by atoms with Crippen LogP contribution in [0.2, 0.25) is 0 Å². The van der Waals surface area contributed by atoms with Gasteiger partial charge >= 0.3 is 11.7 Å². The third-order valence-electron chi connectivity index (χ3n) is 6.41. The van der Waals surface area contributed by atoms with E-state index in [1.54, 1.807) is 7.05 Å². The fourth-order valence-electron chi connectivity index (χ4n) is 4.33. The molecule has 0 atom stereocenters. The summed E-state index contributed by atoms with van der Waals surface area (Å²) in [5.74, 6) is 0.815. The predicted octanol–water partition coefficient (Wildman–Crippen LogP) is 0.419. The lowest BCUT2D eigenvalue weighted by Crippen LogP contribution is -2.49. The van der Waals surface area contributed by atoms with Gasteiger partial charge < -0.3 is 19.7 Å². The van der Waals surface area contributed by atoms with Crippen molar-refractivity contribution in [2.45, 2.75) is 45.6 Å². The van der Waals surface area contributed by atoms with E-state index in [2.05, 4.69) is 15.2 Å². The summed E-state index contributed by atoms with van der Waals surface area (Å²) in [6.45, 7) is 8.30. The van der Waals surface area contributed by atoms with E-state index in [0.717, 1.165) is 68.8 Å². The number of hydrogen-bond donors (Lipinski definition) is 1. The number of imidazole rings is 1. The second kappa shape index (κ2) is 9.67. The molecule has 0 aromatic carbocycles. The Morgan fingerprint density at radius 1 is 1.06 bits per heavy atom. The van der Waals surface area contributed by atoms with Crippen LogP contribution in [0.3, 0.4) is 0 Å². The van der Waals surface area contributed by atoms with Crippen molar-refractivity contribution in [1.29, 1.82) is 0 Å². The van der Waals surface area contributed by atoms with Crippen molar-refractivity contribution in [2.24, 2.45) is 21.1 Å². The molecular formula is C21H35N7O3. The first-order valence-electron chi connectivity index (χ1n) is 11.2. The Labute approximate surface area is 182 Å². The lowest BCUT2D eigenvalue weighted by molar-refractivity contribution is 0.174. The highest BCUT2D eigenvalue weighted by Crippen LogP contribution is 2.14. The fourth-order valence-corrected chi connectivity index (χ4v) is 4.33. The number of fused-ring (bicyclic) bond motifs is 1. The van der Waals surface area contributed by atoms with Crippen LogP contribution >= 0.6 is 0 Å². The lowest BCUT2D eigenvalue weighted by atomic mass is 10.0. The normalized spacial score (nSPS) is 15.5. The van der Waals surface area contributed by atoms with Crippen LogP contribution in [0.5, 0.6) is 0 Å². The first kappa shape index (κ1) is 23.1. The minimum atomic E-state index is -0.363. The Morgan fingerprint density at radius 2 is 1.71 bits per heavy atom. The molecule has 0 saturated carbocycles. The quantitative estimate of drug-likeness (QED) is 0.683. The lowest BCUT2D eigenvalue weighted by Gasteiger charge is -2.33. The summed E-state index contributed by atoms with van der Waals surface area (Å²) in [6, 6.07) is 0.271. The Bertz CT molecular complexity index is 1040. The summed E-state index contributed by atoms with van der Waals surface area (Å²) < 4.78 is 4.36. The first-order valence-corrected chi connectivity index (χ1v) is 11.2. The summed E-state index contributed by atoms with van der Waals surface area (Å²) in [5.41, 5.74) is 0.228. The minimum Gasteiger partial charge on any atom is -0.335 e. The molecule has 0 bridgehead atoms. The number of urea groups is 1. The molecule has 0 aliphatic carbocycles. The monoisotopic (exact) mass is 433 g/mol. The molecule has 31 heavy (non-hydrogen) atoms. The summed E-state index contributed by atoms with van der Waals surface area (Å²) in [4.78, 5) is 45.7. The number of likely N-dealkylation sites (tertiary alicyclic amines) is 1. The Morgan fingerprint density at radius 3 is 2.32 bits per heavy atom. The largest absolute Gasteiger partial charge is 0.335 e. The first-order chi connectivity index (χ1) is 14.8. The maximum absolute atomic E-state index is 12.5. The van der Waals surface area contributed by atoms with Crippen LogP contribution in [0.1, 0.15) is 38.9 Å². The van der Waals surface area contributed by atoms with E-state index in [4.69, 9.17) is 0 Å². The van der Waals surface area contributed by atoms with E-state index in [9.17, 15) is 14.4 Å². The van der Waals surface area contributed by atoms with Gasteiger partial charge in [-0.25, -0.2) is 14.6 Å². The molecule has 2 aromatic rings. The van der Waals surface area contributed by atoms with Crippen LogP contribution in [-0.4, -0.2) is 73.3 Å². The number of aryl methyl sites for hydroxylation is 3. The van der Waals surface area contributed by atoms with Crippen LogP contribution in [0.15, 0.2) is 9.59 Å². The summed E-state index contributed by atoms with van der Waals surface area (Å²) in [5, 5.41) is 3.15. The molecule has 2 aromatic heterocycles. The number of nitrogens with zero attached hydrogens (tertiary/aromatic N) is 6. The molecule has 0 unspecified atom stereocenters. The Balaban J connectivity index is 1.53. The highest BCUT2D eigenvalue weighted by atomic mass is 16.2. The minimum absolute atomic E-state index is 0.0332. The zero-order valence-corrected chi connectivity index (χ0v) is 19.3. The number of rotatable bonds is 7. The molecule has 3 rings (SSSR count). The second-order valence-corrected chi connectivity index (χ2v) is 8.31. The van der Waals surface area contributed by atoms with Crippen LogP contribution in [0.4, 0.5) is 4.79 Å². The van der Waals surface area contributed by atoms with Gasteiger partial charge in [0.1, 0.15) is 5.82 Å². The Kier molecular flexibility index (Phi) is 7.19. The van der Waals surface area contributed by atoms with Gasteiger partial charge in [-0.2, -0.15) is 0 Å². The number of carbonyl (C=O) groups is 1. The van der Waals surface area contributed by atoms with E-state index < -0.39 is 0 Å². The predicted molar refractivity (Wildman–Crippen MR) is 120 cm³/mol. The molecule has 2 amide bonds. The fraction of sp³-hybridized carbons (Fsp3) is 0.714. The van der Waals surface area contributed by atoms with Crippen molar-refractivity contribution in [2.75, 3.05) is 32.7 Å². The molecule has 1 fully saturated rings. The van der Waals surface area contributed by atoms with Crippen molar-refractivity contribution in [3.8, 4) is 0 Å². The van der Waals surface area contributed by atoms with Gasteiger partial charge in [0.15, 0.2) is 11.2 Å². The molecule has 1 saturated heterocycles. The van der Waals surface area contributed by atoms with Gasteiger partial charge in [-0.05, 0) is 39.7 Å². The molecular weight excluding hydrogens is 398 g/mol. The zero-order valence-electron chi connectivity index (χ0n) is 19.3. The maximum Gasteiger partial charge on any atom is 0.332 e. The SMILES string of the molecule is CCN(CC)C(=O)NC1CCN(CCCc2nc3c(c(=O)n(C)c(=O)n3C)n2C)CC1. The van der Waals surface area contributed by atoms with Crippen molar-refractivity contribution >= 4 is 17.2 Å². The molecule has 10 nitrogen and oxygen atoms in total. The van der Waals surface area contributed by atoms with E-state index in [0.29, 0.717) is 11.2 Å². The van der Waals surface area contributed by atoms with Crippen molar-refractivity contribution in [3.05, 3.63) is 26.7 Å². The number of hydrogen-bond acceptors (Lipinski definition) is 5. The van der Waals surface area contributed by atoms with Crippen LogP contribution in [0, 0.1) is 0 Å². The summed E-state index contributed by atoms with van der Waals surface area (Å²) in [7, 11) is 4.97. The molecule has 3 heterocycles. The van der Waals surface area contributed by atoms with Gasteiger partial charge in [-0.1, -0.05) is 0 Å². The van der Waals surface area contributed by atoms with E-state index >= 15 is 0 Å². The molecule has 0 spiro atoms.